The maximum absolute atomic E-state index is 11.2. The molecule has 0 spiro atoms. The van der Waals surface area contributed by atoms with Crippen LogP contribution in [-0.2, 0) is 0 Å². The van der Waals surface area contributed by atoms with Crippen LogP contribution in [0.25, 0.3) is 0 Å². The fourth-order valence-corrected chi connectivity index (χ4v) is 1.14. The fraction of sp³-hybridized carbons (Fsp3) is 0.111. The number of carboxylic acids is 1. The van der Waals surface area contributed by atoms with Gasteiger partial charge in [0, 0.05) is 16.2 Å². The van der Waals surface area contributed by atoms with E-state index in [-0.39, 0.29) is 16.8 Å². The summed E-state index contributed by atoms with van der Waals surface area (Å²) in [6.07, 6.45) is 0. The number of nitrogens with two attached hydrogens (primary N) is 1. The maximum Gasteiger partial charge on any atom is 0.337 e. The first-order valence-corrected chi connectivity index (χ1v) is 4.19. The number of benzene rings is 1. The van der Waals surface area contributed by atoms with E-state index in [4.69, 9.17) is 10.8 Å². The normalized spacial score (nSPS) is 9.75. The first-order chi connectivity index (χ1) is 7.41. The number of aromatic carboxylic acids is 1. The molecule has 0 atom stereocenters. The van der Waals surface area contributed by atoms with Gasteiger partial charge in [-0.1, -0.05) is 6.07 Å². The van der Waals surface area contributed by atoms with Crippen LogP contribution >= 0.6 is 0 Å². The summed E-state index contributed by atoms with van der Waals surface area (Å²) >= 11 is 0. The van der Waals surface area contributed by atoms with Crippen molar-refractivity contribution in [3.63, 3.8) is 0 Å². The highest BCUT2D eigenvalue weighted by atomic mass is 16.6. The Morgan fingerprint density at radius 1 is 1.44 bits per heavy atom. The summed E-state index contributed by atoms with van der Waals surface area (Å²) < 4.78 is 0. The van der Waals surface area contributed by atoms with E-state index in [1.807, 2.05) is 0 Å². The zero-order chi connectivity index (χ0) is 12.3. The molecule has 7 nitrogen and oxygen atoms in total. The zero-order valence-electron chi connectivity index (χ0n) is 8.04. The third-order valence-electron chi connectivity index (χ3n) is 1.88. The molecule has 0 saturated heterocycles. The molecular formula is C9H8N2O5. The molecule has 1 rings (SSSR count). The summed E-state index contributed by atoms with van der Waals surface area (Å²) in [4.78, 5) is 31.2. The summed E-state index contributed by atoms with van der Waals surface area (Å²) in [7, 11) is 0. The molecule has 84 valence electrons. The summed E-state index contributed by atoms with van der Waals surface area (Å²) in [5.41, 5.74) is 5.18. The molecule has 1 aromatic rings. The second-order valence-electron chi connectivity index (χ2n) is 3.02. The van der Waals surface area contributed by atoms with E-state index in [2.05, 4.69) is 0 Å². The Kier molecular flexibility index (Phi) is 3.19. The fourth-order valence-electron chi connectivity index (χ4n) is 1.14. The van der Waals surface area contributed by atoms with Gasteiger partial charge in [-0.3, -0.25) is 14.9 Å². The van der Waals surface area contributed by atoms with E-state index in [1.165, 1.54) is 6.07 Å². The molecular weight excluding hydrogens is 216 g/mol. The van der Waals surface area contributed by atoms with E-state index in [0.717, 1.165) is 12.1 Å². The highest BCUT2D eigenvalue weighted by Crippen LogP contribution is 2.14. The van der Waals surface area contributed by atoms with Crippen LogP contribution < -0.4 is 5.73 Å². The Bertz CT molecular complexity index is 469. The highest BCUT2D eigenvalue weighted by Gasteiger charge is 2.15. The standard InChI is InChI=1S/C9H8N2O5/c10-7-3-5(8(12)4-11(15)16)1-2-6(7)9(13)14/h1-3H,4,10H2,(H,13,14). The minimum Gasteiger partial charge on any atom is -0.478 e. The Balaban J connectivity index is 3.01. The summed E-state index contributed by atoms with van der Waals surface area (Å²) in [6, 6.07) is 3.46. The topological polar surface area (TPSA) is 124 Å². The van der Waals surface area contributed by atoms with Crippen molar-refractivity contribution in [2.75, 3.05) is 12.3 Å². The second-order valence-corrected chi connectivity index (χ2v) is 3.02. The Hall–Kier alpha value is -2.44. The molecule has 0 bridgehead atoms. The monoisotopic (exact) mass is 224 g/mol. The van der Waals surface area contributed by atoms with Crippen LogP contribution in [0, 0.1) is 10.1 Å². The number of carbonyl (C=O) groups excluding carboxylic acids is 1. The molecule has 7 heteroatoms. The first-order valence-electron chi connectivity index (χ1n) is 4.19. The second kappa shape index (κ2) is 4.39. The van der Waals surface area contributed by atoms with Crippen molar-refractivity contribution in [2.45, 2.75) is 0 Å². The van der Waals surface area contributed by atoms with E-state index in [0.29, 0.717) is 0 Å². The minimum atomic E-state index is -1.22. The number of anilines is 1. The predicted octanol–water partition coefficient (Wildman–Crippen LogP) is 0.426. The maximum atomic E-state index is 11.2. The van der Waals surface area contributed by atoms with Crippen molar-refractivity contribution in [3.8, 4) is 0 Å². The van der Waals surface area contributed by atoms with E-state index in [1.54, 1.807) is 0 Å². The highest BCUT2D eigenvalue weighted by molar-refractivity contribution is 6.00. The van der Waals surface area contributed by atoms with E-state index >= 15 is 0 Å². The lowest BCUT2D eigenvalue weighted by Gasteiger charge is -2.02. The van der Waals surface area contributed by atoms with Crippen molar-refractivity contribution < 1.29 is 19.6 Å². The Labute approximate surface area is 89.6 Å². The van der Waals surface area contributed by atoms with Crippen LogP contribution in [0.5, 0.6) is 0 Å². The molecule has 0 radical (unpaired) electrons. The van der Waals surface area contributed by atoms with Crippen molar-refractivity contribution in [2.24, 2.45) is 0 Å². The number of nitrogens with zero attached hydrogens (tertiary/aromatic N) is 1. The molecule has 0 fully saturated rings. The molecule has 3 N–H and O–H groups in total. The van der Waals surface area contributed by atoms with Crippen molar-refractivity contribution in [1.82, 2.24) is 0 Å². The number of hydrogen-bond acceptors (Lipinski definition) is 5. The number of ketones is 1. The van der Waals surface area contributed by atoms with Crippen LogP contribution in [0.15, 0.2) is 18.2 Å². The molecule has 0 aliphatic carbocycles. The number of hydrogen-bond donors (Lipinski definition) is 2. The van der Waals surface area contributed by atoms with Gasteiger partial charge in [0.1, 0.15) is 0 Å². The van der Waals surface area contributed by atoms with Gasteiger partial charge in [-0.2, -0.15) is 0 Å². The van der Waals surface area contributed by atoms with E-state index in [9.17, 15) is 19.7 Å². The van der Waals surface area contributed by atoms with Gasteiger partial charge in [-0.25, -0.2) is 4.79 Å². The van der Waals surface area contributed by atoms with Crippen molar-refractivity contribution in [3.05, 3.63) is 39.4 Å². The van der Waals surface area contributed by atoms with Gasteiger partial charge < -0.3 is 10.8 Å². The van der Waals surface area contributed by atoms with Gasteiger partial charge in [0.25, 0.3) is 6.54 Å². The van der Waals surface area contributed by atoms with Gasteiger partial charge in [0.2, 0.25) is 5.78 Å². The van der Waals surface area contributed by atoms with Gasteiger partial charge in [0.15, 0.2) is 0 Å². The molecule has 0 unspecified atom stereocenters. The van der Waals surface area contributed by atoms with Crippen LogP contribution in [0.2, 0.25) is 0 Å². The van der Waals surface area contributed by atoms with Gasteiger partial charge in [-0.15, -0.1) is 0 Å². The number of nitrogen functional groups attached to an aromatic ring is 1. The number of carbonyl (C=O) groups is 2. The van der Waals surface area contributed by atoms with Gasteiger partial charge >= 0.3 is 5.97 Å². The van der Waals surface area contributed by atoms with Crippen molar-refractivity contribution in [1.29, 1.82) is 0 Å². The molecule has 0 amide bonds. The SMILES string of the molecule is Nc1cc(C(=O)C[N+](=O)[O-])ccc1C(=O)O. The molecule has 0 saturated carbocycles. The molecule has 0 heterocycles. The number of Topliss-reactive ketones (excluding diaryl/α,β-unsaturated/α-hetero) is 1. The smallest absolute Gasteiger partial charge is 0.337 e. The van der Waals surface area contributed by atoms with Crippen LogP contribution in [-0.4, -0.2) is 28.3 Å². The number of nitro groups is 1. The lowest BCUT2D eigenvalue weighted by Crippen LogP contribution is -2.14. The van der Waals surface area contributed by atoms with Gasteiger partial charge in [0.05, 0.1) is 5.56 Å². The summed E-state index contributed by atoms with van der Waals surface area (Å²) in [6.45, 7) is -0.841. The number of carboxylic acid groups (broad SMARTS) is 1. The molecule has 0 aromatic heterocycles. The zero-order valence-corrected chi connectivity index (χ0v) is 8.04. The number of rotatable bonds is 4. The largest absolute Gasteiger partial charge is 0.478 e. The first kappa shape index (κ1) is 11.6. The summed E-state index contributed by atoms with van der Waals surface area (Å²) in [5, 5.41) is 18.8. The molecule has 0 aliphatic heterocycles. The lowest BCUT2D eigenvalue weighted by molar-refractivity contribution is -0.465. The van der Waals surface area contributed by atoms with E-state index < -0.39 is 23.2 Å². The quantitative estimate of drug-likeness (QED) is 0.330. The molecule has 1 aromatic carbocycles. The third kappa shape index (κ3) is 2.53. The third-order valence-corrected chi connectivity index (χ3v) is 1.88. The van der Waals surface area contributed by atoms with Crippen LogP contribution in [0.3, 0.4) is 0 Å². The average Bonchev–Trinajstić information content (AvgIpc) is 2.15. The summed E-state index contributed by atoms with van der Waals surface area (Å²) in [5.74, 6) is -1.93. The predicted molar refractivity (Wildman–Crippen MR) is 54.0 cm³/mol. The Morgan fingerprint density at radius 2 is 2.06 bits per heavy atom. The molecule has 0 aliphatic rings. The average molecular weight is 224 g/mol. The van der Waals surface area contributed by atoms with Gasteiger partial charge in [-0.05, 0) is 12.1 Å². The Morgan fingerprint density at radius 3 is 2.50 bits per heavy atom. The minimum absolute atomic E-state index is 0.0270. The molecule has 16 heavy (non-hydrogen) atoms. The van der Waals surface area contributed by atoms with Crippen molar-refractivity contribution >= 4 is 17.4 Å². The van der Waals surface area contributed by atoms with Crippen LogP contribution in [0.4, 0.5) is 5.69 Å². The van der Waals surface area contributed by atoms with Crippen LogP contribution in [0.1, 0.15) is 20.7 Å². The lowest BCUT2D eigenvalue weighted by atomic mass is 10.1.